The third-order valence-corrected chi connectivity index (χ3v) is 2.03. The molecule has 1 heterocycles. The van der Waals surface area contributed by atoms with Crippen LogP contribution in [0.5, 0.6) is 0 Å². The molecule has 0 saturated carbocycles. The predicted octanol–water partition coefficient (Wildman–Crippen LogP) is 3.72. The number of nitrogens with zero attached hydrogens (tertiary/aromatic N) is 1. The van der Waals surface area contributed by atoms with Crippen molar-refractivity contribution in [2.75, 3.05) is 0 Å². The third kappa shape index (κ3) is 2.94. The number of rotatable bonds is 1. The molecule has 0 aliphatic rings. The number of aromatic amines is 1. The van der Waals surface area contributed by atoms with E-state index in [0.29, 0.717) is 0 Å². The van der Waals surface area contributed by atoms with Crippen LogP contribution in [0.4, 0.5) is 0 Å². The van der Waals surface area contributed by atoms with Crippen LogP contribution in [0.25, 0.3) is 11.3 Å². The first-order chi connectivity index (χ1) is 7.25. The second-order valence-electron chi connectivity index (χ2n) is 3.34. The van der Waals surface area contributed by atoms with Crippen molar-refractivity contribution in [2.45, 2.75) is 27.7 Å². The summed E-state index contributed by atoms with van der Waals surface area (Å²) in [7, 11) is 0. The van der Waals surface area contributed by atoms with Crippen LogP contribution in [0, 0.1) is 13.8 Å². The number of aryl methyl sites for hydroxylation is 2. The standard InChI is InChI=1S/C11H12N2.C2H6/c1-8-3-9(2)5-10(4-8)11-6-12-7-13-11;1-2/h3-7H,1-2H3,(H,12,13);1-2H3. The first kappa shape index (κ1) is 11.5. The van der Waals surface area contributed by atoms with Crippen LogP contribution in [-0.4, -0.2) is 9.97 Å². The number of H-pyrrole nitrogens is 1. The maximum Gasteiger partial charge on any atom is 0.0924 e. The van der Waals surface area contributed by atoms with E-state index in [1.54, 1.807) is 6.33 Å². The molecule has 0 unspecified atom stereocenters. The molecule has 0 bridgehead atoms. The van der Waals surface area contributed by atoms with E-state index in [9.17, 15) is 0 Å². The minimum absolute atomic E-state index is 1.08. The number of imidazole rings is 1. The van der Waals surface area contributed by atoms with E-state index in [1.807, 2.05) is 20.0 Å². The Morgan fingerprint density at radius 3 is 2.07 bits per heavy atom. The number of hydrogen-bond donors (Lipinski definition) is 1. The summed E-state index contributed by atoms with van der Waals surface area (Å²) < 4.78 is 0. The smallest absolute Gasteiger partial charge is 0.0924 e. The molecule has 2 rings (SSSR count). The van der Waals surface area contributed by atoms with Gasteiger partial charge in [0.05, 0.1) is 18.2 Å². The van der Waals surface area contributed by atoms with Gasteiger partial charge in [0.25, 0.3) is 0 Å². The van der Waals surface area contributed by atoms with E-state index in [-0.39, 0.29) is 0 Å². The monoisotopic (exact) mass is 202 g/mol. The van der Waals surface area contributed by atoms with Gasteiger partial charge >= 0.3 is 0 Å². The van der Waals surface area contributed by atoms with Crippen LogP contribution in [0.3, 0.4) is 0 Å². The fraction of sp³-hybridized carbons (Fsp3) is 0.308. The van der Waals surface area contributed by atoms with Crippen LogP contribution < -0.4 is 0 Å². The topological polar surface area (TPSA) is 28.7 Å². The summed E-state index contributed by atoms with van der Waals surface area (Å²) in [5, 5.41) is 0. The van der Waals surface area contributed by atoms with E-state index in [1.165, 1.54) is 16.7 Å². The van der Waals surface area contributed by atoms with Crippen LogP contribution in [0.1, 0.15) is 25.0 Å². The number of aromatic nitrogens is 2. The van der Waals surface area contributed by atoms with Gasteiger partial charge < -0.3 is 4.98 Å². The normalized spacial score (nSPS) is 9.33. The molecule has 0 aliphatic carbocycles. The van der Waals surface area contributed by atoms with Crippen molar-refractivity contribution in [1.29, 1.82) is 0 Å². The molecular formula is C13H18N2. The minimum atomic E-state index is 1.08. The van der Waals surface area contributed by atoms with Crippen molar-refractivity contribution in [2.24, 2.45) is 0 Å². The second kappa shape index (κ2) is 5.35. The number of benzene rings is 1. The minimum Gasteiger partial charge on any atom is -0.345 e. The molecule has 0 saturated heterocycles. The van der Waals surface area contributed by atoms with E-state index < -0.39 is 0 Å². The molecule has 80 valence electrons. The molecule has 0 atom stereocenters. The molecule has 2 aromatic rings. The van der Waals surface area contributed by atoms with Crippen molar-refractivity contribution in [3.8, 4) is 11.3 Å². The molecule has 0 fully saturated rings. The quantitative estimate of drug-likeness (QED) is 0.750. The van der Waals surface area contributed by atoms with Gasteiger partial charge in [-0.15, -0.1) is 0 Å². The Morgan fingerprint density at radius 1 is 1.00 bits per heavy atom. The summed E-state index contributed by atoms with van der Waals surface area (Å²) in [6, 6.07) is 6.47. The first-order valence-electron chi connectivity index (χ1n) is 5.33. The molecule has 1 aromatic heterocycles. The van der Waals surface area contributed by atoms with Gasteiger partial charge in [0.2, 0.25) is 0 Å². The lowest BCUT2D eigenvalue weighted by Gasteiger charge is -2.01. The van der Waals surface area contributed by atoms with Crippen LogP contribution in [-0.2, 0) is 0 Å². The molecule has 0 aliphatic heterocycles. The van der Waals surface area contributed by atoms with Crippen LogP contribution >= 0.6 is 0 Å². The van der Waals surface area contributed by atoms with E-state index in [2.05, 4.69) is 42.0 Å². The molecule has 15 heavy (non-hydrogen) atoms. The average Bonchev–Trinajstić information content (AvgIpc) is 2.72. The van der Waals surface area contributed by atoms with Crippen LogP contribution in [0.2, 0.25) is 0 Å². The highest BCUT2D eigenvalue weighted by Gasteiger charge is 1.99. The third-order valence-electron chi connectivity index (χ3n) is 2.03. The Morgan fingerprint density at radius 2 is 1.60 bits per heavy atom. The summed E-state index contributed by atoms with van der Waals surface area (Å²) >= 11 is 0. The van der Waals surface area contributed by atoms with Gasteiger partial charge in [-0.25, -0.2) is 4.98 Å². The summed E-state index contributed by atoms with van der Waals surface area (Å²) in [4.78, 5) is 7.10. The molecule has 2 nitrogen and oxygen atoms in total. The molecule has 0 radical (unpaired) electrons. The largest absolute Gasteiger partial charge is 0.345 e. The maximum atomic E-state index is 4.00. The Kier molecular flexibility index (Phi) is 4.10. The fourth-order valence-electron chi connectivity index (χ4n) is 1.54. The molecule has 0 spiro atoms. The maximum absolute atomic E-state index is 4.00. The van der Waals surface area contributed by atoms with Crippen molar-refractivity contribution >= 4 is 0 Å². The highest BCUT2D eigenvalue weighted by Crippen LogP contribution is 2.19. The Bertz CT molecular complexity index is 382. The molecule has 1 aromatic carbocycles. The average molecular weight is 202 g/mol. The van der Waals surface area contributed by atoms with E-state index >= 15 is 0 Å². The number of hydrogen-bond acceptors (Lipinski definition) is 1. The molecular weight excluding hydrogens is 184 g/mol. The first-order valence-corrected chi connectivity index (χ1v) is 5.33. The zero-order chi connectivity index (χ0) is 11.3. The second-order valence-corrected chi connectivity index (χ2v) is 3.34. The molecule has 0 amide bonds. The highest BCUT2D eigenvalue weighted by atomic mass is 14.9. The van der Waals surface area contributed by atoms with E-state index in [4.69, 9.17) is 0 Å². The lowest BCUT2D eigenvalue weighted by molar-refractivity contribution is 1.31. The predicted molar refractivity (Wildman–Crippen MR) is 64.8 cm³/mol. The van der Waals surface area contributed by atoms with Gasteiger partial charge in [-0.2, -0.15) is 0 Å². The van der Waals surface area contributed by atoms with Gasteiger partial charge in [-0.05, 0) is 26.0 Å². The molecule has 1 N–H and O–H groups in total. The Labute approximate surface area is 91.4 Å². The van der Waals surface area contributed by atoms with Gasteiger partial charge in [-0.3, -0.25) is 0 Å². The van der Waals surface area contributed by atoms with E-state index in [0.717, 1.165) is 5.69 Å². The summed E-state index contributed by atoms with van der Waals surface area (Å²) in [5.41, 5.74) is 4.84. The summed E-state index contributed by atoms with van der Waals surface area (Å²) in [5.74, 6) is 0. The van der Waals surface area contributed by atoms with Gasteiger partial charge in [-0.1, -0.05) is 31.0 Å². The Hall–Kier alpha value is -1.57. The lowest BCUT2D eigenvalue weighted by Crippen LogP contribution is -1.82. The van der Waals surface area contributed by atoms with Crippen LogP contribution in [0.15, 0.2) is 30.7 Å². The van der Waals surface area contributed by atoms with Crippen molar-refractivity contribution in [3.05, 3.63) is 41.9 Å². The van der Waals surface area contributed by atoms with Gasteiger partial charge in [0.15, 0.2) is 0 Å². The summed E-state index contributed by atoms with van der Waals surface area (Å²) in [6.07, 6.45) is 3.54. The van der Waals surface area contributed by atoms with Gasteiger partial charge in [0, 0.05) is 5.56 Å². The molecule has 2 heteroatoms. The zero-order valence-corrected chi connectivity index (χ0v) is 9.83. The Balaban J connectivity index is 0.000000531. The fourth-order valence-corrected chi connectivity index (χ4v) is 1.54. The van der Waals surface area contributed by atoms with Gasteiger partial charge in [0.1, 0.15) is 0 Å². The van der Waals surface area contributed by atoms with Crippen molar-refractivity contribution in [1.82, 2.24) is 9.97 Å². The van der Waals surface area contributed by atoms with Crippen molar-refractivity contribution < 1.29 is 0 Å². The number of nitrogens with one attached hydrogen (secondary N) is 1. The van der Waals surface area contributed by atoms with Crippen molar-refractivity contribution in [3.63, 3.8) is 0 Å². The highest BCUT2D eigenvalue weighted by molar-refractivity contribution is 5.60. The SMILES string of the molecule is CC.Cc1cc(C)cc(-c2cnc[nH]2)c1. The summed E-state index contributed by atoms with van der Waals surface area (Å²) in [6.45, 7) is 8.21. The lowest BCUT2D eigenvalue weighted by atomic mass is 10.1. The zero-order valence-electron chi connectivity index (χ0n) is 9.83.